The van der Waals surface area contributed by atoms with Gasteiger partial charge in [0.05, 0.1) is 24.5 Å². The molecule has 7 nitrogen and oxygen atoms in total. The molecule has 0 bridgehead atoms. The van der Waals surface area contributed by atoms with Crippen LogP contribution < -0.4 is 10.0 Å². The van der Waals surface area contributed by atoms with Crippen molar-refractivity contribution < 1.29 is 17.9 Å². The predicted molar refractivity (Wildman–Crippen MR) is 86.1 cm³/mol. The Bertz CT molecular complexity index is 457. The smallest absolute Gasteiger partial charge is 0.237 e. The van der Waals surface area contributed by atoms with E-state index in [1.165, 1.54) is 0 Å². The maximum Gasteiger partial charge on any atom is 0.237 e. The van der Waals surface area contributed by atoms with E-state index < -0.39 is 10.0 Å². The molecule has 0 aliphatic carbocycles. The molecule has 0 spiro atoms. The topological polar surface area (TPSA) is 87.7 Å². The first-order valence-electron chi connectivity index (χ1n) is 7.72. The quantitative estimate of drug-likeness (QED) is 0.629. The summed E-state index contributed by atoms with van der Waals surface area (Å²) >= 11 is 0. The SMILES string of the molecule is CC1CN(C(C(=O)NCCNS(C)(=O)=O)C(C)C)CC(C)O1. The Labute approximate surface area is 133 Å². The summed E-state index contributed by atoms with van der Waals surface area (Å²) in [5.41, 5.74) is 0. The summed E-state index contributed by atoms with van der Waals surface area (Å²) in [4.78, 5) is 14.6. The fourth-order valence-electron chi connectivity index (χ4n) is 2.86. The second-order valence-corrected chi connectivity index (χ2v) is 8.19. The van der Waals surface area contributed by atoms with E-state index in [1.807, 2.05) is 27.7 Å². The molecule has 1 fully saturated rings. The van der Waals surface area contributed by atoms with E-state index in [1.54, 1.807) is 0 Å². The van der Waals surface area contributed by atoms with Crippen LogP contribution in [0.2, 0.25) is 0 Å². The van der Waals surface area contributed by atoms with Crippen LogP contribution in [0, 0.1) is 5.92 Å². The number of sulfonamides is 1. The Balaban J connectivity index is 2.56. The van der Waals surface area contributed by atoms with Crippen LogP contribution in [0.5, 0.6) is 0 Å². The van der Waals surface area contributed by atoms with Gasteiger partial charge >= 0.3 is 0 Å². The first-order chi connectivity index (χ1) is 10.1. The third kappa shape index (κ3) is 6.60. The molecule has 0 aromatic rings. The Morgan fingerprint density at radius 1 is 1.23 bits per heavy atom. The molecule has 3 atom stereocenters. The molecule has 1 saturated heterocycles. The highest BCUT2D eigenvalue weighted by Crippen LogP contribution is 2.18. The highest BCUT2D eigenvalue weighted by molar-refractivity contribution is 7.88. The van der Waals surface area contributed by atoms with Crippen LogP contribution >= 0.6 is 0 Å². The van der Waals surface area contributed by atoms with Gasteiger partial charge in [0, 0.05) is 26.2 Å². The maximum absolute atomic E-state index is 12.5. The van der Waals surface area contributed by atoms with E-state index in [0.717, 1.165) is 19.3 Å². The summed E-state index contributed by atoms with van der Waals surface area (Å²) in [5.74, 6) is 0.104. The van der Waals surface area contributed by atoms with Crippen LogP contribution in [-0.2, 0) is 19.6 Å². The van der Waals surface area contributed by atoms with E-state index in [0.29, 0.717) is 0 Å². The zero-order valence-corrected chi connectivity index (χ0v) is 14.9. The Kier molecular flexibility index (Phi) is 7.24. The lowest BCUT2D eigenvalue weighted by Crippen LogP contribution is -2.57. The molecule has 22 heavy (non-hydrogen) atoms. The fourth-order valence-corrected chi connectivity index (χ4v) is 3.33. The van der Waals surface area contributed by atoms with Crippen molar-refractivity contribution in [3.63, 3.8) is 0 Å². The molecule has 1 aliphatic rings. The summed E-state index contributed by atoms with van der Waals surface area (Å²) in [6.45, 7) is 9.98. The van der Waals surface area contributed by atoms with Gasteiger partial charge in [-0.3, -0.25) is 9.69 Å². The second-order valence-electron chi connectivity index (χ2n) is 6.36. The molecule has 8 heteroatoms. The first kappa shape index (κ1) is 19.3. The minimum atomic E-state index is -3.22. The van der Waals surface area contributed by atoms with Gasteiger partial charge < -0.3 is 10.1 Å². The Morgan fingerprint density at radius 3 is 2.23 bits per heavy atom. The summed E-state index contributed by atoms with van der Waals surface area (Å²) in [6.07, 6.45) is 1.30. The van der Waals surface area contributed by atoms with Crippen molar-refractivity contribution in [1.82, 2.24) is 14.9 Å². The lowest BCUT2D eigenvalue weighted by Gasteiger charge is -2.41. The van der Waals surface area contributed by atoms with Crippen molar-refractivity contribution in [2.75, 3.05) is 32.4 Å². The number of rotatable bonds is 7. The predicted octanol–water partition coefficient (Wildman–Crippen LogP) is -0.214. The molecular weight excluding hydrogens is 306 g/mol. The molecule has 1 amide bonds. The highest BCUT2D eigenvalue weighted by atomic mass is 32.2. The normalized spacial score (nSPS) is 25.2. The lowest BCUT2D eigenvalue weighted by molar-refractivity contribution is -0.135. The molecule has 0 aromatic heterocycles. The van der Waals surface area contributed by atoms with Gasteiger partial charge in [0.2, 0.25) is 15.9 Å². The monoisotopic (exact) mass is 335 g/mol. The molecule has 3 unspecified atom stereocenters. The Morgan fingerprint density at radius 2 is 1.77 bits per heavy atom. The van der Waals surface area contributed by atoms with Crippen molar-refractivity contribution in [3.8, 4) is 0 Å². The molecule has 2 N–H and O–H groups in total. The van der Waals surface area contributed by atoms with Gasteiger partial charge in [-0.15, -0.1) is 0 Å². The zero-order valence-electron chi connectivity index (χ0n) is 14.1. The number of carbonyl (C=O) groups is 1. The second kappa shape index (κ2) is 8.24. The average molecular weight is 335 g/mol. The number of ether oxygens (including phenoxy) is 1. The van der Waals surface area contributed by atoms with E-state index in [9.17, 15) is 13.2 Å². The summed E-state index contributed by atoms with van der Waals surface area (Å²) in [6, 6.07) is -0.230. The van der Waals surface area contributed by atoms with E-state index in [-0.39, 0.29) is 43.2 Å². The molecule has 0 saturated carbocycles. The minimum Gasteiger partial charge on any atom is -0.373 e. The van der Waals surface area contributed by atoms with Crippen LogP contribution in [0.1, 0.15) is 27.7 Å². The van der Waals surface area contributed by atoms with E-state index >= 15 is 0 Å². The number of morpholine rings is 1. The van der Waals surface area contributed by atoms with Crippen molar-refractivity contribution >= 4 is 15.9 Å². The van der Waals surface area contributed by atoms with Gasteiger partial charge in [-0.05, 0) is 19.8 Å². The van der Waals surface area contributed by atoms with Crippen LogP contribution in [0.15, 0.2) is 0 Å². The van der Waals surface area contributed by atoms with Crippen LogP contribution in [0.3, 0.4) is 0 Å². The maximum atomic E-state index is 12.5. The largest absolute Gasteiger partial charge is 0.373 e. The van der Waals surface area contributed by atoms with Crippen LogP contribution in [0.25, 0.3) is 0 Å². The highest BCUT2D eigenvalue weighted by Gasteiger charge is 2.33. The molecule has 1 heterocycles. The van der Waals surface area contributed by atoms with E-state index in [2.05, 4.69) is 14.9 Å². The molecule has 0 radical (unpaired) electrons. The van der Waals surface area contributed by atoms with Gasteiger partial charge in [0.1, 0.15) is 0 Å². The standard InChI is InChI=1S/C14H29N3O4S/c1-10(2)13(17-8-11(3)21-12(4)9-17)14(18)15-6-7-16-22(5,19)20/h10-13,16H,6-9H2,1-5H3,(H,15,18). The molecule has 1 aliphatic heterocycles. The van der Waals surface area contributed by atoms with Crippen molar-refractivity contribution in [2.24, 2.45) is 5.92 Å². The Hall–Kier alpha value is -0.700. The molecule has 130 valence electrons. The summed E-state index contributed by atoms with van der Waals surface area (Å²) in [7, 11) is -3.22. The first-order valence-corrected chi connectivity index (χ1v) is 9.61. The van der Waals surface area contributed by atoms with Gasteiger partial charge in [-0.2, -0.15) is 0 Å². The van der Waals surface area contributed by atoms with Gasteiger partial charge in [-0.1, -0.05) is 13.8 Å². The van der Waals surface area contributed by atoms with Crippen molar-refractivity contribution in [2.45, 2.75) is 45.9 Å². The van der Waals surface area contributed by atoms with Crippen molar-refractivity contribution in [1.29, 1.82) is 0 Å². The van der Waals surface area contributed by atoms with Crippen molar-refractivity contribution in [3.05, 3.63) is 0 Å². The number of hydrogen-bond donors (Lipinski definition) is 2. The lowest BCUT2D eigenvalue weighted by atomic mass is 9.99. The van der Waals surface area contributed by atoms with Gasteiger partial charge in [0.25, 0.3) is 0 Å². The summed E-state index contributed by atoms with van der Waals surface area (Å²) < 4.78 is 30.1. The molecular formula is C14H29N3O4S. The summed E-state index contributed by atoms with van der Waals surface area (Å²) in [5, 5.41) is 2.82. The van der Waals surface area contributed by atoms with Gasteiger partial charge in [0.15, 0.2) is 0 Å². The van der Waals surface area contributed by atoms with Crippen LogP contribution in [-0.4, -0.2) is 69.9 Å². The number of nitrogens with zero attached hydrogens (tertiary/aromatic N) is 1. The van der Waals surface area contributed by atoms with Crippen LogP contribution in [0.4, 0.5) is 0 Å². The zero-order chi connectivity index (χ0) is 16.9. The average Bonchev–Trinajstić information content (AvgIpc) is 2.32. The number of nitrogens with one attached hydrogen (secondary N) is 2. The molecule has 1 rings (SSSR count). The number of hydrogen-bond acceptors (Lipinski definition) is 5. The minimum absolute atomic E-state index is 0.0633. The molecule has 0 aromatic carbocycles. The number of amides is 1. The number of carbonyl (C=O) groups excluding carboxylic acids is 1. The van der Waals surface area contributed by atoms with E-state index in [4.69, 9.17) is 4.74 Å². The van der Waals surface area contributed by atoms with Gasteiger partial charge in [-0.25, -0.2) is 13.1 Å². The third-order valence-electron chi connectivity index (χ3n) is 3.53. The third-order valence-corrected chi connectivity index (χ3v) is 4.26. The fraction of sp³-hybridized carbons (Fsp3) is 0.929.